The zero-order chi connectivity index (χ0) is 18.6. The maximum atomic E-state index is 12.6. The molecule has 1 amide bonds. The van der Waals surface area contributed by atoms with Gasteiger partial charge in [0.15, 0.2) is 5.69 Å². The van der Waals surface area contributed by atoms with E-state index in [1.807, 2.05) is 24.4 Å². The Hall–Kier alpha value is -3.45. The molecule has 134 valence electrons. The van der Waals surface area contributed by atoms with E-state index in [9.17, 15) is 4.79 Å². The lowest BCUT2D eigenvalue weighted by atomic mass is 10.1. The maximum absolute atomic E-state index is 12.6. The van der Waals surface area contributed by atoms with Crippen molar-refractivity contribution in [2.24, 2.45) is 0 Å². The third kappa shape index (κ3) is 3.88. The second-order valence-electron chi connectivity index (χ2n) is 5.93. The molecule has 3 heterocycles. The van der Waals surface area contributed by atoms with E-state index in [1.54, 1.807) is 36.7 Å². The predicted molar refractivity (Wildman–Crippen MR) is 103 cm³/mol. The van der Waals surface area contributed by atoms with Crippen LogP contribution in [0.15, 0.2) is 61.1 Å². The minimum atomic E-state index is -0.363. The molecular weight excluding hydrogens is 364 g/mol. The molecule has 4 aromatic rings. The Morgan fingerprint density at radius 1 is 1.11 bits per heavy atom. The number of halogens is 1. The van der Waals surface area contributed by atoms with Crippen molar-refractivity contribution < 1.29 is 4.79 Å². The van der Waals surface area contributed by atoms with Crippen LogP contribution in [0.5, 0.6) is 0 Å². The second-order valence-corrected chi connectivity index (χ2v) is 6.37. The third-order valence-electron chi connectivity index (χ3n) is 4.01. The van der Waals surface area contributed by atoms with Crippen LogP contribution in [-0.4, -0.2) is 31.3 Å². The van der Waals surface area contributed by atoms with Crippen LogP contribution in [0, 0.1) is 0 Å². The monoisotopic (exact) mass is 378 g/mol. The van der Waals surface area contributed by atoms with Crippen molar-refractivity contribution in [3.05, 3.63) is 83.0 Å². The van der Waals surface area contributed by atoms with Gasteiger partial charge in [0.25, 0.3) is 5.91 Å². The normalized spacial score (nSPS) is 10.7. The number of aromatic nitrogens is 5. The fraction of sp³-hybridized carbons (Fsp3) is 0.0526. The number of benzene rings is 1. The van der Waals surface area contributed by atoms with Crippen LogP contribution in [0.3, 0.4) is 0 Å². The summed E-state index contributed by atoms with van der Waals surface area (Å²) >= 11 is 5.96. The maximum Gasteiger partial charge on any atom is 0.278 e. The lowest BCUT2D eigenvalue weighted by Gasteiger charge is -2.04. The Morgan fingerprint density at radius 3 is 2.78 bits per heavy atom. The van der Waals surface area contributed by atoms with Gasteiger partial charge < -0.3 is 10.3 Å². The topological polar surface area (TPSA) is 99.4 Å². The van der Waals surface area contributed by atoms with Crippen LogP contribution < -0.4 is 5.32 Å². The van der Waals surface area contributed by atoms with E-state index in [1.165, 1.54) is 0 Å². The van der Waals surface area contributed by atoms with E-state index >= 15 is 0 Å². The lowest BCUT2D eigenvalue weighted by Crippen LogP contribution is -2.13. The number of anilines is 1. The van der Waals surface area contributed by atoms with Gasteiger partial charge in [0.05, 0.1) is 0 Å². The molecule has 0 saturated heterocycles. The number of hydrogen-bond donors (Lipinski definition) is 3. The summed E-state index contributed by atoms with van der Waals surface area (Å²) in [6.07, 6.45) is 6.05. The molecule has 0 radical (unpaired) electrons. The van der Waals surface area contributed by atoms with E-state index in [-0.39, 0.29) is 11.6 Å². The Balaban J connectivity index is 1.54. The van der Waals surface area contributed by atoms with Crippen LogP contribution in [0.1, 0.15) is 21.7 Å². The fourth-order valence-electron chi connectivity index (χ4n) is 2.75. The summed E-state index contributed by atoms with van der Waals surface area (Å²) in [5.41, 5.74) is 4.20. The molecular formula is C19H15ClN6O. The number of nitrogens with zero attached hydrogens (tertiary/aromatic N) is 3. The first-order valence-corrected chi connectivity index (χ1v) is 8.61. The first-order valence-electron chi connectivity index (χ1n) is 8.23. The summed E-state index contributed by atoms with van der Waals surface area (Å²) in [4.78, 5) is 19.8. The lowest BCUT2D eigenvalue weighted by molar-refractivity contribution is 0.102. The van der Waals surface area contributed by atoms with Gasteiger partial charge in [0, 0.05) is 47.0 Å². The molecule has 0 saturated carbocycles. The molecule has 27 heavy (non-hydrogen) atoms. The van der Waals surface area contributed by atoms with Crippen molar-refractivity contribution in [1.29, 1.82) is 0 Å². The summed E-state index contributed by atoms with van der Waals surface area (Å²) in [6, 6.07) is 12.8. The zero-order valence-electron chi connectivity index (χ0n) is 14.1. The highest BCUT2D eigenvalue weighted by Crippen LogP contribution is 2.23. The average Bonchev–Trinajstić information content (AvgIpc) is 3.31. The number of pyridine rings is 1. The predicted octanol–water partition coefficient (Wildman–Crippen LogP) is 3.69. The minimum absolute atomic E-state index is 0.212. The van der Waals surface area contributed by atoms with Crippen molar-refractivity contribution in [2.45, 2.75) is 6.42 Å². The number of hydrogen-bond acceptors (Lipinski definition) is 4. The van der Waals surface area contributed by atoms with Gasteiger partial charge in [0.2, 0.25) is 0 Å². The molecule has 0 unspecified atom stereocenters. The highest BCUT2D eigenvalue weighted by molar-refractivity contribution is 6.31. The number of H-pyrrole nitrogens is 2. The van der Waals surface area contributed by atoms with Crippen molar-refractivity contribution in [1.82, 2.24) is 25.4 Å². The Bertz CT molecular complexity index is 1070. The SMILES string of the molecule is O=C(Nc1cccc(Cl)c1)c1n[nH]nc1-c1c[nH]c(Cc2ccncc2)c1. The standard InChI is InChI=1S/C19H15ClN6O/c20-14-2-1-3-15(10-14)23-19(27)18-17(24-26-25-18)13-9-16(22-11-13)8-12-4-6-21-7-5-12/h1-7,9-11,22H,8H2,(H,23,27)(H,24,25,26). The summed E-state index contributed by atoms with van der Waals surface area (Å²) < 4.78 is 0. The van der Waals surface area contributed by atoms with E-state index in [0.717, 1.165) is 23.2 Å². The molecule has 7 nitrogen and oxygen atoms in total. The van der Waals surface area contributed by atoms with E-state index < -0.39 is 0 Å². The van der Waals surface area contributed by atoms with Gasteiger partial charge in [0.1, 0.15) is 5.69 Å². The van der Waals surface area contributed by atoms with Crippen LogP contribution in [0.25, 0.3) is 11.3 Å². The van der Waals surface area contributed by atoms with Crippen molar-refractivity contribution >= 4 is 23.2 Å². The molecule has 0 spiro atoms. The van der Waals surface area contributed by atoms with Gasteiger partial charge >= 0.3 is 0 Å². The smallest absolute Gasteiger partial charge is 0.278 e. The highest BCUT2D eigenvalue weighted by atomic mass is 35.5. The molecule has 4 rings (SSSR count). The number of carbonyl (C=O) groups excluding carboxylic acids is 1. The van der Waals surface area contributed by atoms with Crippen LogP contribution in [-0.2, 0) is 6.42 Å². The van der Waals surface area contributed by atoms with Gasteiger partial charge in [-0.1, -0.05) is 17.7 Å². The molecule has 8 heteroatoms. The third-order valence-corrected chi connectivity index (χ3v) is 4.24. The van der Waals surface area contributed by atoms with E-state index in [2.05, 4.69) is 30.7 Å². The summed E-state index contributed by atoms with van der Waals surface area (Å²) in [6.45, 7) is 0. The average molecular weight is 379 g/mol. The molecule has 0 aliphatic heterocycles. The largest absolute Gasteiger partial charge is 0.364 e. The van der Waals surface area contributed by atoms with Crippen LogP contribution in [0.4, 0.5) is 5.69 Å². The summed E-state index contributed by atoms with van der Waals surface area (Å²) in [5, 5.41) is 14.0. The Morgan fingerprint density at radius 2 is 1.96 bits per heavy atom. The number of nitrogens with one attached hydrogen (secondary N) is 3. The van der Waals surface area contributed by atoms with Gasteiger partial charge in [-0.05, 0) is 42.0 Å². The molecule has 3 N–H and O–H groups in total. The van der Waals surface area contributed by atoms with Crippen molar-refractivity contribution in [3.63, 3.8) is 0 Å². The fourth-order valence-corrected chi connectivity index (χ4v) is 2.94. The van der Waals surface area contributed by atoms with Gasteiger partial charge in [-0.15, -0.1) is 0 Å². The van der Waals surface area contributed by atoms with Gasteiger partial charge in [-0.25, -0.2) is 0 Å². The van der Waals surface area contributed by atoms with E-state index in [0.29, 0.717) is 16.4 Å². The Kier molecular flexibility index (Phi) is 4.67. The van der Waals surface area contributed by atoms with Crippen LogP contribution >= 0.6 is 11.6 Å². The molecule has 3 aromatic heterocycles. The summed E-state index contributed by atoms with van der Waals surface area (Å²) in [5.74, 6) is -0.363. The van der Waals surface area contributed by atoms with Gasteiger partial charge in [-0.2, -0.15) is 15.4 Å². The minimum Gasteiger partial charge on any atom is -0.364 e. The van der Waals surface area contributed by atoms with Crippen molar-refractivity contribution in [2.75, 3.05) is 5.32 Å². The van der Waals surface area contributed by atoms with E-state index in [4.69, 9.17) is 11.6 Å². The first-order chi connectivity index (χ1) is 13.2. The number of carbonyl (C=O) groups is 1. The molecule has 0 aliphatic rings. The van der Waals surface area contributed by atoms with Crippen LogP contribution in [0.2, 0.25) is 5.02 Å². The molecule has 0 bridgehead atoms. The number of rotatable bonds is 5. The number of amides is 1. The van der Waals surface area contributed by atoms with Gasteiger partial charge in [-0.3, -0.25) is 9.78 Å². The molecule has 0 aliphatic carbocycles. The molecule has 1 aromatic carbocycles. The second kappa shape index (κ2) is 7.43. The quantitative estimate of drug-likeness (QED) is 0.493. The Labute approximate surface area is 159 Å². The summed E-state index contributed by atoms with van der Waals surface area (Å²) in [7, 11) is 0. The van der Waals surface area contributed by atoms with Crippen molar-refractivity contribution in [3.8, 4) is 11.3 Å². The highest BCUT2D eigenvalue weighted by Gasteiger charge is 2.19. The number of aromatic amines is 2. The zero-order valence-corrected chi connectivity index (χ0v) is 14.9. The first kappa shape index (κ1) is 17.0. The molecule has 0 atom stereocenters. The molecule has 0 fully saturated rings.